The number of rotatable bonds is 3. The van der Waals surface area contributed by atoms with Gasteiger partial charge >= 0.3 is 0 Å². The maximum atomic E-state index is 5.78. The topological polar surface area (TPSA) is 82.5 Å². The highest BCUT2D eigenvalue weighted by Gasteiger charge is 2.08. The molecule has 3 rings (SSSR count). The molecular formula is C15H16N6. The lowest BCUT2D eigenvalue weighted by Crippen LogP contribution is -2.02. The molecular weight excluding hydrogens is 264 g/mol. The molecule has 21 heavy (non-hydrogen) atoms. The molecule has 0 fully saturated rings. The van der Waals surface area contributed by atoms with E-state index in [1.165, 1.54) is 0 Å². The second-order valence-corrected chi connectivity index (χ2v) is 5.09. The van der Waals surface area contributed by atoms with Gasteiger partial charge in [0.25, 0.3) is 0 Å². The normalized spacial score (nSPS) is 11.0. The van der Waals surface area contributed by atoms with Crippen LogP contribution in [0.2, 0.25) is 0 Å². The predicted octanol–water partition coefficient (Wildman–Crippen LogP) is 2.43. The first-order chi connectivity index (χ1) is 10.1. The minimum Gasteiger partial charge on any atom is -0.399 e. The first-order valence-electron chi connectivity index (χ1n) is 6.73. The third-order valence-electron chi connectivity index (χ3n) is 3.14. The molecule has 3 aromatic rings. The van der Waals surface area contributed by atoms with Gasteiger partial charge in [-0.25, -0.2) is 19.6 Å². The van der Waals surface area contributed by atoms with Crippen molar-refractivity contribution in [3.05, 3.63) is 48.7 Å². The Labute approximate surface area is 122 Å². The number of hydrogen-bond acceptors (Lipinski definition) is 5. The highest BCUT2D eigenvalue weighted by atomic mass is 15.4. The number of benzene rings is 1. The fraction of sp³-hybridized carbons (Fsp3) is 0.200. The molecule has 6 heteroatoms. The Morgan fingerprint density at radius 3 is 2.71 bits per heavy atom. The zero-order valence-corrected chi connectivity index (χ0v) is 11.9. The van der Waals surface area contributed by atoms with Gasteiger partial charge in [0.05, 0.1) is 0 Å². The smallest absolute Gasteiger partial charge is 0.181 e. The fourth-order valence-corrected chi connectivity index (χ4v) is 1.99. The summed E-state index contributed by atoms with van der Waals surface area (Å²) in [6.45, 7) is 4.18. The molecule has 1 aromatic carbocycles. The number of aromatic nitrogens is 5. The predicted molar refractivity (Wildman–Crippen MR) is 80.9 cm³/mol. The summed E-state index contributed by atoms with van der Waals surface area (Å²) in [6, 6.07) is 9.41. The van der Waals surface area contributed by atoms with E-state index in [-0.39, 0.29) is 0 Å². The highest BCUT2D eigenvalue weighted by Crippen LogP contribution is 2.18. The van der Waals surface area contributed by atoms with Crippen LogP contribution in [-0.2, 0) is 0 Å². The van der Waals surface area contributed by atoms with Crippen LogP contribution < -0.4 is 5.73 Å². The summed E-state index contributed by atoms with van der Waals surface area (Å²) in [5, 5.41) is 4.45. The Hall–Kier alpha value is -2.76. The Morgan fingerprint density at radius 1 is 1.10 bits per heavy atom. The molecule has 2 aromatic heterocycles. The first kappa shape index (κ1) is 13.2. The van der Waals surface area contributed by atoms with Crippen molar-refractivity contribution >= 4 is 5.69 Å². The quantitative estimate of drug-likeness (QED) is 0.745. The van der Waals surface area contributed by atoms with Crippen molar-refractivity contribution in [2.24, 2.45) is 0 Å². The molecule has 2 heterocycles. The van der Waals surface area contributed by atoms with Gasteiger partial charge in [0.1, 0.15) is 12.7 Å². The van der Waals surface area contributed by atoms with Crippen LogP contribution in [0.15, 0.2) is 43.0 Å². The fourth-order valence-electron chi connectivity index (χ4n) is 1.99. The lowest BCUT2D eigenvalue weighted by molar-refractivity contribution is 0.784. The number of hydrogen-bond donors (Lipinski definition) is 1. The van der Waals surface area contributed by atoms with Crippen LogP contribution in [0.5, 0.6) is 0 Å². The van der Waals surface area contributed by atoms with Crippen LogP contribution >= 0.6 is 0 Å². The van der Waals surface area contributed by atoms with Crippen LogP contribution in [0.3, 0.4) is 0 Å². The molecule has 0 unspecified atom stereocenters. The Balaban J connectivity index is 1.97. The van der Waals surface area contributed by atoms with Gasteiger partial charge in [-0.1, -0.05) is 26.0 Å². The third kappa shape index (κ3) is 2.74. The van der Waals surface area contributed by atoms with Crippen molar-refractivity contribution in [3.8, 4) is 17.2 Å². The highest BCUT2D eigenvalue weighted by molar-refractivity contribution is 5.60. The van der Waals surface area contributed by atoms with Gasteiger partial charge in [0, 0.05) is 23.0 Å². The summed E-state index contributed by atoms with van der Waals surface area (Å²) in [4.78, 5) is 12.8. The van der Waals surface area contributed by atoms with E-state index in [0.717, 1.165) is 11.3 Å². The van der Waals surface area contributed by atoms with Gasteiger partial charge in [-0.15, -0.1) is 5.10 Å². The second-order valence-electron chi connectivity index (χ2n) is 5.09. The van der Waals surface area contributed by atoms with Crippen molar-refractivity contribution in [1.29, 1.82) is 0 Å². The molecule has 6 nitrogen and oxygen atoms in total. The molecule has 0 aliphatic heterocycles. The minimum absolute atomic E-state index is 0.337. The van der Waals surface area contributed by atoms with Gasteiger partial charge in [-0.05, 0) is 18.1 Å². The van der Waals surface area contributed by atoms with E-state index in [1.807, 2.05) is 30.3 Å². The van der Waals surface area contributed by atoms with E-state index < -0.39 is 0 Å². The average Bonchev–Trinajstić information content (AvgIpc) is 2.97. The van der Waals surface area contributed by atoms with Crippen molar-refractivity contribution in [3.63, 3.8) is 0 Å². The summed E-state index contributed by atoms with van der Waals surface area (Å²) in [5.74, 6) is 1.66. The Morgan fingerprint density at radius 2 is 1.95 bits per heavy atom. The number of nitrogen functional groups attached to an aromatic ring is 1. The standard InChI is InChI=1S/C15H16N6/c1-10(2)13-7-14(18-8-17-13)21-9-19-15(20-21)11-4-3-5-12(16)6-11/h3-10H,16H2,1-2H3. The molecule has 2 N–H and O–H groups in total. The van der Waals surface area contributed by atoms with Crippen molar-refractivity contribution in [1.82, 2.24) is 24.7 Å². The van der Waals surface area contributed by atoms with Gasteiger partial charge in [-0.3, -0.25) is 0 Å². The molecule has 0 aliphatic carbocycles. The van der Waals surface area contributed by atoms with Gasteiger partial charge in [-0.2, -0.15) is 0 Å². The summed E-state index contributed by atoms with van der Waals surface area (Å²) >= 11 is 0. The second kappa shape index (κ2) is 5.32. The Kier molecular flexibility index (Phi) is 3.35. The van der Waals surface area contributed by atoms with Crippen molar-refractivity contribution < 1.29 is 0 Å². The van der Waals surface area contributed by atoms with Crippen molar-refractivity contribution in [2.45, 2.75) is 19.8 Å². The van der Waals surface area contributed by atoms with Crippen LogP contribution in [0.4, 0.5) is 5.69 Å². The van der Waals surface area contributed by atoms with Gasteiger partial charge in [0.2, 0.25) is 0 Å². The molecule has 0 spiro atoms. The van der Waals surface area contributed by atoms with E-state index in [4.69, 9.17) is 5.73 Å². The Bertz CT molecular complexity index is 762. The molecule has 0 radical (unpaired) electrons. The monoisotopic (exact) mass is 280 g/mol. The zero-order chi connectivity index (χ0) is 14.8. The van der Waals surface area contributed by atoms with E-state index in [2.05, 4.69) is 33.9 Å². The zero-order valence-electron chi connectivity index (χ0n) is 11.9. The minimum atomic E-state index is 0.337. The number of anilines is 1. The van der Waals surface area contributed by atoms with Gasteiger partial charge in [0.15, 0.2) is 11.6 Å². The molecule has 0 aliphatic rings. The van der Waals surface area contributed by atoms with Crippen LogP contribution in [0, 0.1) is 0 Å². The SMILES string of the molecule is CC(C)c1cc(-n2cnc(-c3cccc(N)c3)n2)ncn1. The molecule has 0 saturated carbocycles. The van der Waals surface area contributed by atoms with E-state index in [1.54, 1.807) is 17.3 Å². The largest absolute Gasteiger partial charge is 0.399 e. The van der Waals surface area contributed by atoms with Crippen LogP contribution in [-0.4, -0.2) is 24.7 Å². The lowest BCUT2D eigenvalue weighted by atomic mass is 10.1. The third-order valence-corrected chi connectivity index (χ3v) is 3.14. The van der Waals surface area contributed by atoms with Crippen molar-refractivity contribution in [2.75, 3.05) is 5.73 Å². The summed E-state index contributed by atoms with van der Waals surface area (Å²) in [7, 11) is 0. The lowest BCUT2D eigenvalue weighted by Gasteiger charge is -2.05. The first-order valence-corrected chi connectivity index (χ1v) is 6.73. The van der Waals surface area contributed by atoms with Crippen LogP contribution in [0.1, 0.15) is 25.5 Å². The molecule has 0 amide bonds. The maximum absolute atomic E-state index is 5.78. The molecule has 0 atom stereocenters. The van der Waals surface area contributed by atoms with Gasteiger partial charge < -0.3 is 5.73 Å². The molecule has 0 bridgehead atoms. The van der Waals surface area contributed by atoms with Crippen LogP contribution in [0.25, 0.3) is 17.2 Å². The number of nitrogens with two attached hydrogens (primary N) is 1. The summed E-state index contributed by atoms with van der Waals surface area (Å²) < 4.78 is 1.64. The van der Waals surface area contributed by atoms with E-state index in [9.17, 15) is 0 Å². The number of nitrogens with zero attached hydrogens (tertiary/aromatic N) is 5. The summed E-state index contributed by atoms with van der Waals surface area (Å²) in [6.07, 6.45) is 3.19. The summed E-state index contributed by atoms with van der Waals surface area (Å²) in [5.41, 5.74) is 8.33. The van der Waals surface area contributed by atoms with E-state index >= 15 is 0 Å². The molecule has 0 saturated heterocycles. The average molecular weight is 280 g/mol. The van der Waals surface area contributed by atoms with E-state index in [0.29, 0.717) is 23.2 Å². The molecule has 106 valence electrons. The maximum Gasteiger partial charge on any atom is 0.181 e.